The first kappa shape index (κ1) is 16.4. The summed E-state index contributed by atoms with van der Waals surface area (Å²) in [7, 11) is 0. The normalized spacial score (nSPS) is 22.7. The van der Waals surface area contributed by atoms with Crippen LogP contribution in [0.15, 0.2) is 5.38 Å². The van der Waals surface area contributed by atoms with Crippen LogP contribution in [0.3, 0.4) is 0 Å². The van der Waals surface area contributed by atoms with Gasteiger partial charge in [-0.05, 0) is 33.6 Å². The van der Waals surface area contributed by atoms with E-state index in [1.807, 2.05) is 6.92 Å². The molecule has 3 rings (SSSR count). The average Bonchev–Trinajstić information content (AvgIpc) is 3.15. The van der Waals surface area contributed by atoms with Crippen LogP contribution in [-0.2, 0) is 10.3 Å². The van der Waals surface area contributed by atoms with Crippen LogP contribution in [0.2, 0.25) is 0 Å². The van der Waals surface area contributed by atoms with Crippen LogP contribution in [0, 0.1) is 6.92 Å². The van der Waals surface area contributed by atoms with Crippen LogP contribution >= 0.6 is 11.3 Å². The van der Waals surface area contributed by atoms with Gasteiger partial charge in [-0.1, -0.05) is 12.8 Å². The molecule has 2 aliphatic rings. The zero-order chi connectivity index (χ0) is 16.7. The topological polar surface area (TPSA) is 74.3 Å². The van der Waals surface area contributed by atoms with E-state index in [2.05, 4.69) is 21.0 Å². The van der Waals surface area contributed by atoms with E-state index in [1.54, 1.807) is 25.2 Å². The molecule has 1 saturated heterocycles. The number of urea groups is 1. The third-order valence-electron chi connectivity index (χ3n) is 4.73. The zero-order valence-electron chi connectivity index (χ0n) is 13.9. The maximum Gasteiger partial charge on any atom is 0.325 e. The first-order valence-corrected chi connectivity index (χ1v) is 9.04. The summed E-state index contributed by atoms with van der Waals surface area (Å²) in [6.45, 7) is 6.46. The quantitative estimate of drug-likeness (QED) is 0.808. The number of imide groups is 1. The van der Waals surface area contributed by atoms with Crippen molar-refractivity contribution in [2.45, 2.75) is 57.5 Å². The lowest BCUT2D eigenvalue weighted by Gasteiger charge is -2.29. The summed E-state index contributed by atoms with van der Waals surface area (Å²) in [6.07, 6.45) is 4.49. The molecule has 1 aliphatic heterocycles. The molecule has 3 amide bonds. The van der Waals surface area contributed by atoms with Crippen molar-refractivity contribution in [3.8, 4) is 0 Å². The van der Waals surface area contributed by atoms with Gasteiger partial charge >= 0.3 is 6.03 Å². The molecule has 0 aromatic carbocycles. The molecule has 2 N–H and O–H groups in total. The number of rotatable bonds is 5. The second kappa shape index (κ2) is 5.87. The van der Waals surface area contributed by atoms with E-state index < -0.39 is 5.54 Å². The van der Waals surface area contributed by atoms with Crippen LogP contribution in [0.25, 0.3) is 0 Å². The van der Waals surface area contributed by atoms with Crippen molar-refractivity contribution in [2.24, 2.45) is 0 Å². The molecule has 1 saturated carbocycles. The number of nitrogens with one attached hydrogen (secondary N) is 2. The molecule has 6 nitrogen and oxygen atoms in total. The van der Waals surface area contributed by atoms with Crippen LogP contribution < -0.4 is 10.6 Å². The van der Waals surface area contributed by atoms with Crippen molar-refractivity contribution in [3.63, 3.8) is 0 Å². The van der Waals surface area contributed by atoms with Gasteiger partial charge in [0.05, 0.1) is 5.54 Å². The molecule has 23 heavy (non-hydrogen) atoms. The number of nitrogens with zero attached hydrogens (tertiary/aromatic N) is 2. The fourth-order valence-corrected chi connectivity index (χ4v) is 4.48. The standard InChI is InChI=1S/C16H24N4O2S/c1-11-10-23-12(18-11)16(6-4-5-7-16)17-8-9-20-13(21)15(2,3)19-14(20)22/h10,17H,4-9H2,1-3H3,(H,19,22). The lowest BCUT2D eigenvalue weighted by atomic mass is 9.98. The number of aromatic nitrogens is 1. The highest BCUT2D eigenvalue weighted by Crippen LogP contribution is 2.40. The monoisotopic (exact) mass is 336 g/mol. The molecule has 1 aliphatic carbocycles. The molecular weight excluding hydrogens is 312 g/mol. The molecule has 1 aromatic heterocycles. The summed E-state index contributed by atoms with van der Waals surface area (Å²) in [5, 5.41) is 9.52. The number of aryl methyl sites for hydroxylation is 1. The van der Waals surface area contributed by atoms with Crippen molar-refractivity contribution >= 4 is 23.3 Å². The van der Waals surface area contributed by atoms with Crippen molar-refractivity contribution in [3.05, 3.63) is 16.1 Å². The maximum absolute atomic E-state index is 12.2. The minimum atomic E-state index is -0.797. The summed E-state index contributed by atoms with van der Waals surface area (Å²) >= 11 is 1.70. The van der Waals surface area contributed by atoms with Crippen molar-refractivity contribution in [1.29, 1.82) is 0 Å². The molecule has 2 fully saturated rings. The minimum absolute atomic E-state index is 0.0896. The lowest BCUT2D eigenvalue weighted by molar-refractivity contribution is -0.130. The van der Waals surface area contributed by atoms with E-state index in [-0.39, 0.29) is 17.5 Å². The molecule has 7 heteroatoms. The van der Waals surface area contributed by atoms with Gasteiger partial charge in [0.25, 0.3) is 5.91 Å². The number of hydrogen-bond acceptors (Lipinski definition) is 5. The molecule has 0 unspecified atom stereocenters. The first-order valence-electron chi connectivity index (χ1n) is 8.16. The van der Waals surface area contributed by atoms with Gasteiger partial charge in [0, 0.05) is 24.2 Å². The summed E-state index contributed by atoms with van der Waals surface area (Å²) < 4.78 is 0. The van der Waals surface area contributed by atoms with Gasteiger partial charge in [0.15, 0.2) is 0 Å². The molecule has 126 valence electrons. The number of carbonyl (C=O) groups excluding carboxylic acids is 2. The molecule has 0 bridgehead atoms. The predicted octanol–water partition coefficient (Wildman–Crippen LogP) is 2.14. The second-order valence-corrected chi connectivity index (χ2v) is 7.88. The second-order valence-electron chi connectivity index (χ2n) is 7.02. The highest BCUT2D eigenvalue weighted by molar-refractivity contribution is 7.09. The molecule has 0 radical (unpaired) electrons. The third-order valence-corrected chi connectivity index (χ3v) is 5.89. The van der Waals surface area contributed by atoms with E-state index >= 15 is 0 Å². The van der Waals surface area contributed by atoms with Crippen molar-refractivity contribution in [1.82, 2.24) is 20.5 Å². The Labute approximate surface area is 140 Å². The maximum atomic E-state index is 12.2. The molecule has 2 heterocycles. The van der Waals surface area contributed by atoms with E-state index in [9.17, 15) is 9.59 Å². The predicted molar refractivity (Wildman–Crippen MR) is 89.3 cm³/mol. The summed E-state index contributed by atoms with van der Waals surface area (Å²) in [5.74, 6) is -0.158. The number of thiazole rings is 1. The molecule has 0 spiro atoms. The Morgan fingerprint density at radius 3 is 2.57 bits per heavy atom. The van der Waals surface area contributed by atoms with Gasteiger partial charge in [0.1, 0.15) is 10.5 Å². The van der Waals surface area contributed by atoms with E-state index in [0.717, 1.165) is 23.5 Å². The smallest absolute Gasteiger partial charge is 0.324 e. The number of hydrogen-bond donors (Lipinski definition) is 2. The van der Waals surface area contributed by atoms with Gasteiger partial charge in [-0.25, -0.2) is 9.78 Å². The van der Waals surface area contributed by atoms with E-state index in [1.165, 1.54) is 17.7 Å². The minimum Gasteiger partial charge on any atom is -0.324 e. The van der Waals surface area contributed by atoms with Gasteiger partial charge in [-0.15, -0.1) is 11.3 Å². The first-order chi connectivity index (χ1) is 10.8. The Hall–Kier alpha value is -1.47. The Balaban J connectivity index is 1.65. The largest absolute Gasteiger partial charge is 0.325 e. The average molecular weight is 336 g/mol. The van der Waals surface area contributed by atoms with Crippen molar-refractivity contribution < 1.29 is 9.59 Å². The molecule has 0 atom stereocenters. The van der Waals surface area contributed by atoms with Gasteiger partial charge in [0.2, 0.25) is 0 Å². The number of carbonyl (C=O) groups is 2. The highest BCUT2D eigenvalue weighted by Gasteiger charge is 2.44. The third kappa shape index (κ3) is 2.99. The molecular formula is C16H24N4O2S. The van der Waals surface area contributed by atoms with Gasteiger partial charge in [-0.3, -0.25) is 9.69 Å². The Morgan fingerprint density at radius 2 is 2.04 bits per heavy atom. The summed E-state index contributed by atoms with van der Waals surface area (Å²) in [5.41, 5.74) is 0.163. The highest BCUT2D eigenvalue weighted by atomic mass is 32.1. The SMILES string of the molecule is Cc1csc(C2(NCCN3C(=O)NC(C)(C)C3=O)CCCC2)n1. The summed E-state index contributed by atoms with van der Waals surface area (Å²) in [6, 6.07) is -0.299. The van der Waals surface area contributed by atoms with Gasteiger partial charge < -0.3 is 10.6 Å². The molecule has 1 aromatic rings. The van der Waals surface area contributed by atoms with Gasteiger partial charge in [-0.2, -0.15) is 0 Å². The van der Waals surface area contributed by atoms with E-state index in [0.29, 0.717) is 13.1 Å². The lowest BCUT2D eigenvalue weighted by Crippen LogP contribution is -2.46. The van der Waals surface area contributed by atoms with Crippen LogP contribution in [0.4, 0.5) is 4.79 Å². The number of amides is 3. The Morgan fingerprint density at radius 1 is 1.35 bits per heavy atom. The van der Waals surface area contributed by atoms with Crippen molar-refractivity contribution in [2.75, 3.05) is 13.1 Å². The van der Waals surface area contributed by atoms with Crippen LogP contribution in [-0.4, -0.2) is 40.5 Å². The Kier molecular flexibility index (Phi) is 4.18. The van der Waals surface area contributed by atoms with E-state index in [4.69, 9.17) is 0 Å². The van der Waals surface area contributed by atoms with Crippen LogP contribution in [0.1, 0.15) is 50.2 Å². The zero-order valence-corrected chi connectivity index (χ0v) is 14.8. The fourth-order valence-electron chi connectivity index (χ4n) is 3.45. The fraction of sp³-hybridized carbons (Fsp3) is 0.688. The summed E-state index contributed by atoms with van der Waals surface area (Å²) in [4.78, 5) is 30.1. The van der Waals surface area contributed by atoms with Crippen LogP contribution in [0.5, 0.6) is 0 Å². The Bertz CT molecular complexity index is 619.